The van der Waals surface area contributed by atoms with Crippen molar-refractivity contribution in [2.24, 2.45) is 0 Å². The molecule has 0 saturated heterocycles. The van der Waals surface area contributed by atoms with Crippen molar-refractivity contribution in [2.45, 2.75) is 83.2 Å². The summed E-state index contributed by atoms with van der Waals surface area (Å²) in [4.78, 5) is 23.2. The first-order valence-electron chi connectivity index (χ1n) is 8.57. The number of rotatable bonds is 11. The maximum Gasteiger partial charge on any atom is 0.307 e. The highest BCUT2D eigenvalue weighted by Gasteiger charge is 2.30. The van der Waals surface area contributed by atoms with Crippen LogP contribution < -0.4 is 0 Å². The fourth-order valence-electron chi connectivity index (χ4n) is 1.77. The van der Waals surface area contributed by atoms with Crippen LogP contribution in [-0.2, 0) is 43.2 Å². The van der Waals surface area contributed by atoms with Gasteiger partial charge in [0.2, 0.25) is 5.44 Å². The number of hydrogen-bond acceptors (Lipinski definition) is 9. The fourth-order valence-corrected chi connectivity index (χ4v) is 3.11. The second-order valence-corrected chi connectivity index (χ2v) is 11.3. The van der Waals surface area contributed by atoms with Gasteiger partial charge in [0.15, 0.2) is 15.3 Å². The van der Waals surface area contributed by atoms with Crippen LogP contribution in [0.2, 0.25) is 0 Å². The van der Waals surface area contributed by atoms with Crippen molar-refractivity contribution in [2.75, 3.05) is 6.26 Å². The van der Waals surface area contributed by atoms with E-state index in [9.17, 15) is 26.4 Å². The molecule has 0 saturated carbocycles. The molecule has 0 aromatic carbocycles. The smallest absolute Gasteiger partial charge is 0.307 e. The number of carbonyl (C=O) groups excluding carboxylic acids is 2. The summed E-state index contributed by atoms with van der Waals surface area (Å²) >= 11 is 0. The Morgan fingerprint density at radius 2 is 1.22 bits per heavy atom. The lowest BCUT2D eigenvalue weighted by Gasteiger charge is -2.22. The van der Waals surface area contributed by atoms with E-state index in [2.05, 4.69) is 0 Å². The lowest BCUT2D eigenvalue weighted by Crippen LogP contribution is -2.32. The zero-order chi connectivity index (χ0) is 21.5. The van der Waals surface area contributed by atoms with Crippen LogP contribution >= 0.6 is 0 Å². The molecule has 0 aliphatic rings. The molecule has 0 aromatic heterocycles. The summed E-state index contributed by atoms with van der Waals surface area (Å²) in [6.45, 7) is 7.21. The second-order valence-electron chi connectivity index (χ2n) is 7.19. The molecule has 0 rings (SSSR count). The molecule has 0 aliphatic heterocycles. The van der Waals surface area contributed by atoms with Crippen LogP contribution in [0, 0.1) is 0 Å². The first kappa shape index (κ1) is 25.8. The van der Waals surface area contributed by atoms with E-state index in [0.717, 1.165) is 6.26 Å². The first-order valence-corrected chi connectivity index (χ1v) is 12.0. The second kappa shape index (κ2) is 10.4. The normalized spacial score (nSPS) is 15.0. The number of hydrogen-bond donors (Lipinski definition) is 0. The molecule has 160 valence electrons. The molecule has 0 bridgehead atoms. The van der Waals surface area contributed by atoms with Gasteiger partial charge in [0.05, 0.1) is 5.60 Å². The molecule has 0 amide bonds. The Morgan fingerprint density at radius 3 is 1.59 bits per heavy atom. The minimum atomic E-state index is -4.04. The largest absolute Gasteiger partial charge is 0.446 e. The molecular weight excluding hydrogens is 400 g/mol. The topological polar surface area (TPSA) is 130 Å². The summed E-state index contributed by atoms with van der Waals surface area (Å²) in [5.74, 6) is -1.31. The van der Waals surface area contributed by atoms with Crippen LogP contribution in [0.15, 0.2) is 0 Å². The molecule has 0 radical (unpaired) electrons. The van der Waals surface area contributed by atoms with E-state index in [4.69, 9.17) is 13.7 Å². The van der Waals surface area contributed by atoms with E-state index in [1.54, 1.807) is 20.8 Å². The zero-order valence-electron chi connectivity index (χ0n) is 16.7. The third-order valence-electron chi connectivity index (χ3n) is 3.23. The summed E-state index contributed by atoms with van der Waals surface area (Å²) in [5.41, 5.74) is -3.54. The van der Waals surface area contributed by atoms with E-state index >= 15 is 0 Å². The summed E-state index contributed by atoms with van der Waals surface area (Å²) in [6.07, 6.45) is 2.29. The Bertz CT molecular complexity index is 703. The van der Waals surface area contributed by atoms with Gasteiger partial charge in [-0.1, -0.05) is 6.42 Å². The lowest BCUT2D eigenvalue weighted by atomic mass is 10.1. The Kier molecular flexibility index (Phi) is 9.91. The van der Waals surface area contributed by atoms with Gasteiger partial charge in [-0.3, -0.25) is 13.8 Å². The van der Waals surface area contributed by atoms with E-state index in [-0.39, 0.29) is 12.8 Å². The quantitative estimate of drug-likeness (QED) is 0.274. The number of ether oxygens (including phenoxy) is 2. The van der Waals surface area contributed by atoms with Gasteiger partial charge in [0.1, 0.15) is 0 Å². The number of sulfone groups is 1. The minimum Gasteiger partial charge on any atom is -0.446 e. The SMILES string of the molecule is CC(OC(=O)CCCCCC(=O)OC(C)S(=O)(=O)OC(C)(C)C)S(C)(=O)=O. The van der Waals surface area contributed by atoms with Gasteiger partial charge in [-0.05, 0) is 47.5 Å². The predicted molar refractivity (Wildman–Crippen MR) is 98.8 cm³/mol. The lowest BCUT2D eigenvalue weighted by molar-refractivity contribution is -0.145. The molecule has 9 nitrogen and oxygen atoms in total. The highest BCUT2D eigenvalue weighted by molar-refractivity contribution is 7.91. The summed E-state index contributed by atoms with van der Waals surface area (Å²) in [7, 11) is -7.48. The fraction of sp³-hybridized carbons (Fsp3) is 0.875. The number of esters is 2. The van der Waals surface area contributed by atoms with Gasteiger partial charge in [-0.25, -0.2) is 8.42 Å². The predicted octanol–water partition coefficient (Wildman–Crippen LogP) is 1.90. The Morgan fingerprint density at radius 1 is 0.815 bits per heavy atom. The van der Waals surface area contributed by atoms with Gasteiger partial charge >= 0.3 is 22.1 Å². The van der Waals surface area contributed by atoms with Crippen molar-refractivity contribution in [3.8, 4) is 0 Å². The van der Waals surface area contributed by atoms with Crippen LogP contribution in [0.3, 0.4) is 0 Å². The molecule has 11 heteroatoms. The van der Waals surface area contributed by atoms with Gasteiger partial charge < -0.3 is 9.47 Å². The monoisotopic (exact) mass is 430 g/mol. The molecule has 0 N–H and O–H groups in total. The highest BCUT2D eigenvalue weighted by Crippen LogP contribution is 2.17. The third kappa shape index (κ3) is 12.0. The van der Waals surface area contributed by atoms with Crippen molar-refractivity contribution in [1.29, 1.82) is 0 Å². The van der Waals surface area contributed by atoms with Crippen LogP contribution in [0.4, 0.5) is 0 Å². The zero-order valence-corrected chi connectivity index (χ0v) is 18.3. The molecule has 0 aromatic rings. The van der Waals surface area contributed by atoms with Gasteiger partial charge in [-0.2, -0.15) is 8.42 Å². The van der Waals surface area contributed by atoms with Gasteiger partial charge in [0.25, 0.3) is 0 Å². The third-order valence-corrected chi connectivity index (χ3v) is 6.18. The summed E-state index contributed by atoms with van der Waals surface area (Å²) in [6, 6.07) is 0. The van der Waals surface area contributed by atoms with E-state index in [1.807, 2.05) is 0 Å². The van der Waals surface area contributed by atoms with Crippen molar-refractivity contribution >= 4 is 31.9 Å². The van der Waals surface area contributed by atoms with Crippen LogP contribution in [0.5, 0.6) is 0 Å². The van der Waals surface area contributed by atoms with Gasteiger partial charge in [0, 0.05) is 19.1 Å². The molecular formula is C16H30O9S2. The molecule has 2 atom stereocenters. The average Bonchev–Trinajstić information content (AvgIpc) is 2.43. The Hall–Kier alpha value is -1.20. The van der Waals surface area contributed by atoms with Crippen LogP contribution in [-0.4, -0.2) is 51.5 Å². The maximum atomic E-state index is 11.9. The summed E-state index contributed by atoms with van der Waals surface area (Å²) in [5, 5.41) is 0. The van der Waals surface area contributed by atoms with Crippen molar-refractivity contribution in [3.63, 3.8) is 0 Å². The molecule has 0 spiro atoms. The van der Waals surface area contributed by atoms with E-state index in [1.165, 1.54) is 13.8 Å². The van der Waals surface area contributed by atoms with Crippen molar-refractivity contribution in [1.82, 2.24) is 0 Å². The van der Waals surface area contributed by atoms with E-state index < -0.39 is 48.4 Å². The molecule has 0 aliphatic carbocycles. The van der Waals surface area contributed by atoms with Crippen LogP contribution in [0.1, 0.15) is 66.7 Å². The average molecular weight is 431 g/mol. The Labute approximate surface area is 161 Å². The first-order chi connectivity index (χ1) is 12.0. The molecule has 0 heterocycles. The molecule has 0 fully saturated rings. The van der Waals surface area contributed by atoms with Crippen molar-refractivity contribution < 1.29 is 40.1 Å². The minimum absolute atomic E-state index is 0.00975. The number of carbonyl (C=O) groups is 2. The summed E-state index contributed by atoms with van der Waals surface area (Å²) < 4.78 is 60.7. The maximum absolute atomic E-state index is 11.9. The Balaban J connectivity index is 4.13. The standard InChI is InChI=1S/C16H30O9S2/c1-12(26(6,19)20)23-14(17)10-8-7-9-11-15(18)24-13(2)27(21,22)25-16(3,4)5/h12-13H,7-11H2,1-6H3. The molecule has 2 unspecified atom stereocenters. The number of unbranched alkanes of at least 4 members (excludes halogenated alkanes) is 2. The van der Waals surface area contributed by atoms with Gasteiger partial charge in [-0.15, -0.1) is 0 Å². The highest BCUT2D eigenvalue weighted by atomic mass is 32.2. The van der Waals surface area contributed by atoms with Crippen molar-refractivity contribution in [3.05, 3.63) is 0 Å². The molecule has 27 heavy (non-hydrogen) atoms. The van der Waals surface area contributed by atoms with E-state index in [0.29, 0.717) is 19.3 Å². The van der Waals surface area contributed by atoms with Crippen LogP contribution in [0.25, 0.3) is 0 Å².